The lowest BCUT2D eigenvalue weighted by Crippen LogP contribution is -2.52. The minimum Gasteiger partial charge on any atom is -0.493 e. The molecule has 3 fully saturated rings. The van der Waals surface area contributed by atoms with Crippen LogP contribution in [0.1, 0.15) is 100 Å². The van der Waals surface area contributed by atoms with Gasteiger partial charge in [0.25, 0.3) is 5.91 Å². The SMILES string of the molecule is CC1CC2CC(C1)CC(C)(NCCCCCCOc1cccc3c1CN(C1CCC(=O)NC1=O)C3=O)C2. The number of nitrogens with zero attached hydrogens (tertiary/aromatic N) is 1. The third-order valence-electron chi connectivity index (χ3n) is 9.04. The number of hydrogen-bond acceptors (Lipinski definition) is 5. The molecule has 1 saturated heterocycles. The van der Waals surface area contributed by atoms with E-state index in [9.17, 15) is 14.4 Å². The summed E-state index contributed by atoms with van der Waals surface area (Å²) < 4.78 is 6.10. The van der Waals surface area contributed by atoms with Crippen LogP contribution in [0.4, 0.5) is 0 Å². The minimum absolute atomic E-state index is 0.160. The van der Waals surface area contributed by atoms with Crippen LogP contribution in [0.5, 0.6) is 5.75 Å². The molecule has 7 heteroatoms. The van der Waals surface area contributed by atoms with Crippen molar-refractivity contribution in [2.24, 2.45) is 17.8 Å². The van der Waals surface area contributed by atoms with E-state index in [2.05, 4.69) is 24.5 Å². The number of benzene rings is 1. The Labute approximate surface area is 221 Å². The fraction of sp³-hybridized carbons (Fsp3) is 0.700. The number of hydrogen-bond donors (Lipinski definition) is 2. The molecule has 5 rings (SSSR count). The maximum Gasteiger partial charge on any atom is 0.255 e. The summed E-state index contributed by atoms with van der Waals surface area (Å²) in [6.45, 7) is 6.94. The van der Waals surface area contributed by atoms with Crippen molar-refractivity contribution in [3.8, 4) is 5.75 Å². The standard InChI is InChI=1S/C30H43N3O4/c1-20-14-21-16-22(15-20)18-30(2,17-21)31-12-5-3-4-6-13-37-26-9-7-8-23-24(26)19-33(29(23)36)25-10-11-27(34)32-28(25)35/h7-9,20-22,25,31H,3-6,10-19H2,1-2H3,(H,32,34,35). The fourth-order valence-corrected chi connectivity index (χ4v) is 7.58. The zero-order valence-electron chi connectivity index (χ0n) is 22.5. The number of nitrogens with one attached hydrogen (secondary N) is 2. The Bertz CT molecular complexity index is 1010. The lowest BCUT2D eigenvalue weighted by molar-refractivity contribution is -0.136. The van der Waals surface area contributed by atoms with Crippen molar-refractivity contribution in [2.75, 3.05) is 13.2 Å². The molecular weight excluding hydrogens is 466 g/mol. The smallest absolute Gasteiger partial charge is 0.255 e. The van der Waals surface area contributed by atoms with E-state index in [4.69, 9.17) is 4.74 Å². The van der Waals surface area contributed by atoms with E-state index >= 15 is 0 Å². The van der Waals surface area contributed by atoms with Gasteiger partial charge in [-0.1, -0.05) is 25.8 Å². The predicted molar refractivity (Wildman–Crippen MR) is 142 cm³/mol. The van der Waals surface area contributed by atoms with Gasteiger partial charge in [0.05, 0.1) is 13.2 Å². The molecule has 2 aliphatic heterocycles. The van der Waals surface area contributed by atoms with Gasteiger partial charge >= 0.3 is 0 Å². The number of piperidine rings is 1. The molecule has 1 aromatic rings. The monoisotopic (exact) mass is 509 g/mol. The molecule has 1 aromatic carbocycles. The molecule has 0 radical (unpaired) electrons. The van der Waals surface area contributed by atoms with Gasteiger partial charge in [-0.05, 0) is 94.7 Å². The average molecular weight is 510 g/mol. The molecule has 0 aromatic heterocycles. The largest absolute Gasteiger partial charge is 0.493 e. The highest BCUT2D eigenvalue weighted by Gasteiger charge is 2.41. The Hall–Kier alpha value is -2.41. The van der Waals surface area contributed by atoms with E-state index < -0.39 is 6.04 Å². The molecule has 3 unspecified atom stereocenters. The Balaban J connectivity index is 1.02. The number of carbonyl (C=O) groups excluding carboxylic acids is 3. The third-order valence-corrected chi connectivity index (χ3v) is 9.04. The molecule has 3 atom stereocenters. The number of fused-ring (bicyclic) bond motifs is 3. The number of carbonyl (C=O) groups is 3. The van der Waals surface area contributed by atoms with Gasteiger partial charge in [-0.3, -0.25) is 19.7 Å². The molecule has 2 bridgehead atoms. The van der Waals surface area contributed by atoms with Crippen LogP contribution in [0.2, 0.25) is 0 Å². The van der Waals surface area contributed by atoms with Crippen LogP contribution < -0.4 is 15.4 Å². The molecule has 2 N–H and O–H groups in total. The molecule has 2 aliphatic carbocycles. The maximum absolute atomic E-state index is 13.0. The molecule has 2 heterocycles. The van der Waals surface area contributed by atoms with Crippen molar-refractivity contribution in [3.05, 3.63) is 29.3 Å². The Kier molecular flexibility index (Phi) is 7.89. The van der Waals surface area contributed by atoms with Gasteiger partial charge in [0.2, 0.25) is 11.8 Å². The van der Waals surface area contributed by atoms with E-state index in [0.29, 0.717) is 30.7 Å². The van der Waals surface area contributed by atoms with E-state index in [1.54, 1.807) is 11.0 Å². The Morgan fingerprint density at radius 3 is 2.57 bits per heavy atom. The zero-order chi connectivity index (χ0) is 26.0. The van der Waals surface area contributed by atoms with Crippen molar-refractivity contribution in [1.29, 1.82) is 0 Å². The van der Waals surface area contributed by atoms with E-state index in [-0.39, 0.29) is 24.1 Å². The number of rotatable bonds is 10. The van der Waals surface area contributed by atoms with Crippen molar-refractivity contribution >= 4 is 17.7 Å². The number of unbranched alkanes of at least 4 members (excludes halogenated alkanes) is 3. The van der Waals surface area contributed by atoms with Crippen LogP contribution in [-0.4, -0.2) is 47.4 Å². The first-order valence-corrected chi connectivity index (χ1v) is 14.5. The quantitative estimate of drug-likeness (QED) is 0.356. The van der Waals surface area contributed by atoms with Gasteiger partial charge < -0.3 is 15.0 Å². The van der Waals surface area contributed by atoms with Gasteiger partial charge in [-0.15, -0.1) is 0 Å². The van der Waals surface area contributed by atoms with Crippen molar-refractivity contribution in [1.82, 2.24) is 15.5 Å². The summed E-state index contributed by atoms with van der Waals surface area (Å²) in [7, 11) is 0. The van der Waals surface area contributed by atoms with Gasteiger partial charge in [-0.2, -0.15) is 0 Å². The van der Waals surface area contributed by atoms with E-state index in [0.717, 1.165) is 48.5 Å². The summed E-state index contributed by atoms with van der Waals surface area (Å²) in [6.07, 6.45) is 12.1. The van der Waals surface area contributed by atoms with Crippen molar-refractivity contribution in [3.63, 3.8) is 0 Å². The van der Waals surface area contributed by atoms with Crippen LogP contribution >= 0.6 is 0 Å². The van der Waals surface area contributed by atoms with Crippen LogP contribution in [-0.2, 0) is 16.1 Å². The summed E-state index contributed by atoms with van der Waals surface area (Å²) in [5, 5.41) is 6.27. The zero-order valence-corrected chi connectivity index (χ0v) is 22.5. The van der Waals surface area contributed by atoms with Crippen LogP contribution in [0, 0.1) is 17.8 Å². The predicted octanol–water partition coefficient (Wildman–Crippen LogP) is 4.58. The van der Waals surface area contributed by atoms with Gasteiger partial charge in [0.15, 0.2) is 0 Å². The van der Waals surface area contributed by atoms with Gasteiger partial charge in [-0.25, -0.2) is 0 Å². The van der Waals surface area contributed by atoms with E-state index in [1.165, 1.54) is 44.9 Å². The normalized spacial score (nSPS) is 31.3. The molecule has 2 saturated carbocycles. The highest BCUT2D eigenvalue weighted by molar-refractivity contribution is 6.05. The first-order chi connectivity index (χ1) is 17.8. The lowest BCUT2D eigenvalue weighted by Gasteiger charge is -2.47. The summed E-state index contributed by atoms with van der Waals surface area (Å²) in [5.41, 5.74) is 1.77. The first-order valence-electron chi connectivity index (χ1n) is 14.5. The van der Waals surface area contributed by atoms with E-state index in [1.807, 2.05) is 12.1 Å². The first kappa shape index (κ1) is 26.2. The molecule has 202 valence electrons. The summed E-state index contributed by atoms with van der Waals surface area (Å²) in [4.78, 5) is 38.3. The number of amides is 3. The summed E-state index contributed by atoms with van der Waals surface area (Å²) in [6, 6.07) is 4.94. The number of imide groups is 1. The lowest BCUT2D eigenvalue weighted by atomic mass is 9.62. The molecule has 3 amide bonds. The topological polar surface area (TPSA) is 87.7 Å². The van der Waals surface area contributed by atoms with Crippen LogP contribution in [0.25, 0.3) is 0 Å². The fourth-order valence-electron chi connectivity index (χ4n) is 7.58. The second kappa shape index (κ2) is 11.1. The molecule has 0 spiro atoms. The van der Waals surface area contributed by atoms with Crippen molar-refractivity contribution < 1.29 is 19.1 Å². The molecule has 37 heavy (non-hydrogen) atoms. The third kappa shape index (κ3) is 6.02. The molecule has 4 aliphatic rings. The summed E-state index contributed by atoms with van der Waals surface area (Å²) in [5.74, 6) is 2.66. The second-order valence-electron chi connectivity index (χ2n) is 12.4. The highest BCUT2D eigenvalue weighted by Crippen LogP contribution is 2.46. The molecule has 7 nitrogen and oxygen atoms in total. The van der Waals surface area contributed by atoms with Gasteiger partial charge in [0.1, 0.15) is 11.8 Å². The molecular formula is C30H43N3O4. The highest BCUT2D eigenvalue weighted by atomic mass is 16.5. The summed E-state index contributed by atoms with van der Waals surface area (Å²) >= 11 is 0. The second-order valence-corrected chi connectivity index (χ2v) is 12.4. The van der Waals surface area contributed by atoms with Crippen molar-refractivity contribution in [2.45, 2.75) is 103 Å². The number of ether oxygens (including phenoxy) is 1. The maximum atomic E-state index is 13.0. The van der Waals surface area contributed by atoms with Crippen LogP contribution in [0.15, 0.2) is 18.2 Å². The van der Waals surface area contributed by atoms with Crippen LogP contribution in [0.3, 0.4) is 0 Å². The minimum atomic E-state index is -0.599. The Morgan fingerprint density at radius 1 is 1.05 bits per heavy atom. The van der Waals surface area contributed by atoms with Gasteiger partial charge in [0, 0.05) is 23.1 Å². The Morgan fingerprint density at radius 2 is 1.81 bits per heavy atom. The average Bonchev–Trinajstić information content (AvgIpc) is 3.17.